The monoisotopic (exact) mass is 227 g/mol. The lowest BCUT2D eigenvalue weighted by atomic mass is 10.2. The molecule has 2 rings (SSSR count). The molecule has 0 fully saturated rings. The highest BCUT2D eigenvalue weighted by Gasteiger charge is 2.07. The van der Waals surface area contributed by atoms with Crippen LogP contribution >= 0.6 is 11.5 Å². The molecular weight excluding hydrogens is 220 g/mol. The Hall–Kier alpha value is -1.56. The number of hydrogen-bond donors (Lipinski definition) is 1. The lowest BCUT2D eigenvalue weighted by molar-refractivity contribution is 0.500. The average molecular weight is 227 g/mol. The molecular formula is C9H7F2N3S. The van der Waals surface area contributed by atoms with Gasteiger partial charge in [0.05, 0.1) is 6.20 Å². The third-order valence-corrected chi connectivity index (χ3v) is 2.47. The summed E-state index contributed by atoms with van der Waals surface area (Å²) in [5.41, 5.74) is 0.281. The number of nitrogens with zero attached hydrogens (tertiary/aromatic N) is 2. The van der Waals surface area contributed by atoms with Gasteiger partial charge >= 0.3 is 0 Å². The Morgan fingerprint density at radius 3 is 2.93 bits per heavy atom. The van der Waals surface area contributed by atoms with Gasteiger partial charge in [-0.25, -0.2) is 8.78 Å². The van der Waals surface area contributed by atoms with Crippen molar-refractivity contribution in [3.8, 4) is 0 Å². The molecule has 0 unspecified atom stereocenters. The topological polar surface area (TPSA) is 37.8 Å². The molecule has 78 valence electrons. The Morgan fingerprint density at radius 1 is 1.33 bits per heavy atom. The maximum atomic E-state index is 13.2. The summed E-state index contributed by atoms with van der Waals surface area (Å²) in [7, 11) is 0. The van der Waals surface area contributed by atoms with E-state index in [1.807, 2.05) is 0 Å². The van der Waals surface area contributed by atoms with Gasteiger partial charge in [0.15, 0.2) is 11.6 Å². The summed E-state index contributed by atoms with van der Waals surface area (Å²) in [6.07, 6.45) is 1.53. The van der Waals surface area contributed by atoms with E-state index in [0.29, 0.717) is 0 Å². The van der Waals surface area contributed by atoms with Crippen LogP contribution in [0, 0.1) is 11.6 Å². The fraction of sp³-hybridized carbons (Fsp3) is 0.111. The van der Waals surface area contributed by atoms with Crippen LogP contribution in [-0.4, -0.2) is 9.59 Å². The van der Waals surface area contributed by atoms with Gasteiger partial charge in [-0.1, -0.05) is 16.6 Å². The van der Waals surface area contributed by atoms with Gasteiger partial charge in [-0.15, -0.1) is 5.10 Å². The van der Waals surface area contributed by atoms with Gasteiger partial charge in [0, 0.05) is 23.6 Å². The van der Waals surface area contributed by atoms with Crippen molar-refractivity contribution in [1.82, 2.24) is 9.59 Å². The minimum Gasteiger partial charge on any atom is -0.370 e. The van der Waals surface area contributed by atoms with Gasteiger partial charge in [0.25, 0.3) is 0 Å². The summed E-state index contributed by atoms with van der Waals surface area (Å²) < 4.78 is 29.6. The molecule has 0 bridgehead atoms. The van der Waals surface area contributed by atoms with Crippen molar-refractivity contribution >= 4 is 16.5 Å². The molecule has 0 aliphatic rings. The van der Waals surface area contributed by atoms with Crippen LogP contribution in [0.15, 0.2) is 24.4 Å². The first kappa shape index (κ1) is 9.97. The summed E-state index contributed by atoms with van der Waals surface area (Å²) in [4.78, 5) is 0. The number of nitrogens with one attached hydrogen (secondary N) is 1. The summed E-state index contributed by atoms with van der Waals surface area (Å²) in [5, 5.41) is 7.23. The van der Waals surface area contributed by atoms with Crippen molar-refractivity contribution in [3.05, 3.63) is 41.6 Å². The number of halogens is 2. The zero-order chi connectivity index (χ0) is 10.7. The Balaban J connectivity index is 2.08. The van der Waals surface area contributed by atoms with Crippen LogP contribution in [0.5, 0.6) is 0 Å². The van der Waals surface area contributed by atoms with E-state index in [-0.39, 0.29) is 12.1 Å². The van der Waals surface area contributed by atoms with Crippen LogP contribution in [0.3, 0.4) is 0 Å². The highest BCUT2D eigenvalue weighted by atomic mass is 32.1. The molecule has 3 nitrogen and oxygen atoms in total. The number of rotatable bonds is 3. The fourth-order valence-corrected chi connectivity index (χ4v) is 1.53. The van der Waals surface area contributed by atoms with Crippen LogP contribution in [0.2, 0.25) is 0 Å². The van der Waals surface area contributed by atoms with Gasteiger partial charge in [-0.2, -0.15) is 0 Å². The molecule has 0 saturated carbocycles. The molecule has 0 radical (unpaired) electrons. The molecule has 1 heterocycles. The molecule has 6 heteroatoms. The number of benzene rings is 1. The Kier molecular flexibility index (Phi) is 2.86. The molecule has 2 aromatic rings. The largest absolute Gasteiger partial charge is 0.370 e. The van der Waals surface area contributed by atoms with Crippen molar-refractivity contribution < 1.29 is 8.78 Å². The Bertz CT molecular complexity index is 445. The second-order valence-corrected chi connectivity index (χ2v) is 3.63. The zero-order valence-electron chi connectivity index (χ0n) is 7.58. The van der Waals surface area contributed by atoms with Crippen LogP contribution in [-0.2, 0) is 6.54 Å². The standard InChI is InChI=1S/C9H7F2N3S/c10-7-3-1-2-6(9(7)11)4-12-8-5-13-14-15-8/h1-3,5,12H,4H2. The van der Waals surface area contributed by atoms with E-state index in [1.165, 1.54) is 18.3 Å². The second-order valence-electron chi connectivity index (χ2n) is 2.85. The average Bonchev–Trinajstić information content (AvgIpc) is 2.73. The third-order valence-electron chi connectivity index (χ3n) is 1.85. The lowest BCUT2D eigenvalue weighted by Crippen LogP contribution is -2.01. The summed E-state index contributed by atoms with van der Waals surface area (Å²) in [6.45, 7) is 0.216. The van der Waals surface area contributed by atoms with E-state index in [0.717, 1.165) is 22.6 Å². The summed E-state index contributed by atoms with van der Waals surface area (Å²) in [6, 6.07) is 4.09. The second kappa shape index (κ2) is 4.31. The molecule has 15 heavy (non-hydrogen) atoms. The van der Waals surface area contributed by atoms with Crippen molar-refractivity contribution in [1.29, 1.82) is 0 Å². The summed E-state index contributed by atoms with van der Waals surface area (Å²) in [5.74, 6) is -1.65. The highest BCUT2D eigenvalue weighted by molar-refractivity contribution is 7.09. The van der Waals surface area contributed by atoms with Gasteiger partial charge in [0.1, 0.15) is 5.00 Å². The number of anilines is 1. The van der Waals surface area contributed by atoms with E-state index < -0.39 is 11.6 Å². The maximum absolute atomic E-state index is 13.2. The van der Waals surface area contributed by atoms with Gasteiger partial charge in [-0.3, -0.25) is 0 Å². The fourth-order valence-electron chi connectivity index (χ4n) is 1.11. The van der Waals surface area contributed by atoms with Crippen molar-refractivity contribution in [3.63, 3.8) is 0 Å². The minimum atomic E-state index is -0.836. The normalized spacial score (nSPS) is 10.3. The predicted molar refractivity (Wildman–Crippen MR) is 53.6 cm³/mol. The molecule has 0 saturated heterocycles. The van der Waals surface area contributed by atoms with Crippen molar-refractivity contribution in [2.75, 3.05) is 5.32 Å². The molecule has 0 spiro atoms. The van der Waals surface area contributed by atoms with E-state index >= 15 is 0 Å². The molecule has 0 amide bonds. The van der Waals surface area contributed by atoms with Crippen molar-refractivity contribution in [2.24, 2.45) is 0 Å². The van der Waals surface area contributed by atoms with Crippen molar-refractivity contribution in [2.45, 2.75) is 6.54 Å². The van der Waals surface area contributed by atoms with Gasteiger partial charge in [0.2, 0.25) is 0 Å². The first-order valence-corrected chi connectivity index (χ1v) is 4.99. The lowest BCUT2D eigenvalue weighted by Gasteiger charge is -2.04. The first-order valence-electron chi connectivity index (χ1n) is 4.21. The number of aromatic nitrogens is 2. The molecule has 0 aliphatic heterocycles. The van der Waals surface area contributed by atoms with E-state index in [9.17, 15) is 8.78 Å². The Labute approximate surface area is 88.9 Å². The van der Waals surface area contributed by atoms with Gasteiger partial charge in [-0.05, 0) is 6.07 Å². The van der Waals surface area contributed by atoms with Crippen LogP contribution < -0.4 is 5.32 Å². The van der Waals surface area contributed by atoms with Crippen LogP contribution in [0.25, 0.3) is 0 Å². The first-order chi connectivity index (χ1) is 7.27. The van der Waals surface area contributed by atoms with E-state index in [1.54, 1.807) is 0 Å². The smallest absolute Gasteiger partial charge is 0.163 e. The quantitative estimate of drug-likeness (QED) is 0.875. The van der Waals surface area contributed by atoms with Crippen LogP contribution in [0.1, 0.15) is 5.56 Å². The van der Waals surface area contributed by atoms with Crippen LogP contribution in [0.4, 0.5) is 13.8 Å². The molecule has 1 aromatic carbocycles. The van der Waals surface area contributed by atoms with E-state index in [4.69, 9.17) is 0 Å². The SMILES string of the molecule is Fc1cccc(CNc2cnns2)c1F. The van der Waals surface area contributed by atoms with E-state index in [2.05, 4.69) is 14.9 Å². The molecule has 1 N–H and O–H groups in total. The number of hydrogen-bond acceptors (Lipinski definition) is 4. The highest BCUT2D eigenvalue weighted by Crippen LogP contribution is 2.15. The maximum Gasteiger partial charge on any atom is 0.163 e. The molecule has 0 atom stereocenters. The minimum absolute atomic E-state index is 0.216. The third kappa shape index (κ3) is 2.27. The molecule has 0 aliphatic carbocycles. The van der Waals surface area contributed by atoms with Gasteiger partial charge < -0.3 is 5.32 Å². The summed E-state index contributed by atoms with van der Waals surface area (Å²) >= 11 is 1.16. The predicted octanol–water partition coefficient (Wildman–Crippen LogP) is 2.43. The zero-order valence-corrected chi connectivity index (χ0v) is 8.39. The molecule has 1 aromatic heterocycles. The Morgan fingerprint density at radius 2 is 2.20 bits per heavy atom.